The lowest BCUT2D eigenvalue weighted by molar-refractivity contribution is -0.128. The molecule has 200 valence electrons. The van der Waals surface area contributed by atoms with E-state index in [4.69, 9.17) is 9.41 Å². The van der Waals surface area contributed by atoms with Gasteiger partial charge in [-0.3, -0.25) is 19.4 Å². The first-order chi connectivity index (χ1) is 18.9. The van der Waals surface area contributed by atoms with Gasteiger partial charge in [0.2, 0.25) is 11.8 Å². The number of amides is 3. The number of aryl methyl sites for hydroxylation is 1. The Balaban J connectivity index is 1.30. The Morgan fingerprint density at radius 1 is 1.05 bits per heavy atom. The second-order valence-corrected chi connectivity index (χ2v) is 10.5. The van der Waals surface area contributed by atoms with Gasteiger partial charge in [0.25, 0.3) is 5.91 Å². The molecule has 0 fully saturated rings. The van der Waals surface area contributed by atoms with Crippen molar-refractivity contribution < 1.29 is 18.8 Å². The molecular weight excluding hydrogens is 514 g/mol. The van der Waals surface area contributed by atoms with Crippen LogP contribution >= 0.6 is 11.8 Å². The molecule has 0 saturated carbocycles. The summed E-state index contributed by atoms with van der Waals surface area (Å²) in [5, 5.41) is 5.68. The van der Waals surface area contributed by atoms with Crippen LogP contribution < -0.4 is 10.6 Å². The van der Waals surface area contributed by atoms with Crippen LogP contribution in [-0.4, -0.2) is 44.9 Å². The van der Waals surface area contributed by atoms with Crippen molar-refractivity contribution in [1.82, 2.24) is 15.5 Å². The fourth-order valence-electron chi connectivity index (χ4n) is 4.32. The molecule has 2 aliphatic rings. The summed E-state index contributed by atoms with van der Waals surface area (Å²) in [4.78, 5) is 50.1. The van der Waals surface area contributed by atoms with E-state index in [1.54, 1.807) is 12.1 Å². The summed E-state index contributed by atoms with van der Waals surface area (Å²) in [6.45, 7) is 4.59. The second-order valence-electron chi connectivity index (χ2n) is 9.33. The first-order valence-corrected chi connectivity index (χ1v) is 13.7. The molecule has 2 atom stereocenters. The van der Waals surface area contributed by atoms with Crippen molar-refractivity contribution in [2.75, 3.05) is 0 Å². The summed E-state index contributed by atoms with van der Waals surface area (Å²) in [6, 6.07) is 18.0. The van der Waals surface area contributed by atoms with Gasteiger partial charge in [-0.2, -0.15) is 0 Å². The first-order valence-electron chi connectivity index (χ1n) is 12.8. The number of benzene rings is 2. The van der Waals surface area contributed by atoms with E-state index in [2.05, 4.69) is 15.6 Å². The molecule has 3 aromatic rings. The van der Waals surface area contributed by atoms with Gasteiger partial charge >= 0.3 is 0 Å². The molecule has 3 amide bonds. The number of hydrogen-bond acceptors (Lipinski definition) is 7. The van der Waals surface area contributed by atoms with Gasteiger partial charge in [-0.25, -0.2) is 9.89 Å². The van der Waals surface area contributed by atoms with Crippen LogP contribution in [-0.2, 0) is 27.5 Å². The van der Waals surface area contributed by atoms with Crippen molar-refractivity contribution >= 4 is 46.2 Å². The largest absolute Gasteiger partial charge is 0.467 e. The van der Waals surface area contributed by atoms with Crippen LogP contribution in [0.1, 0.15) is 42.2 Å². The lowest BCUT2D eigenvalue weighted by Crippen LogP contribution is -2.43. The van der Waals surface area contributed by atoms with E-state index < -0.39 is 11.3 Å². The Kier molecular flexibility index (Phi) is 7.92. The number of aliphatic imine (C=N–C) groups is 2. The maximum Gasteiger partial charge on any atom is 0.259 e. The fraction of sp³-hybridized carbons (Fsp3) is 0.276. The Hall–Kier alpha value is -4.18. The summed E-state index contributed by atoms with van der Waals surface area (Å²) >= 11 is 1.23. The van der Waals surface area contributed by atoms with Crippen LogP contribution in [0.5, 0.6) is 0 Å². The number of carbonyl (C=O) groups excluding carboxylic acids is 3. The third-order valence-electron chi connectivity index (χ3n) is 6.46. The zero-order valence-electron chi connectivity index (χ0n) is 21.7. The molecule has 5 rings (SSSR count). The number of para-hydroxylation sites is 1. The molecule has 0 radical (unpaired) electrons. The Morgan fingerprint density at radius 3 is 2.59 bits per heavy atom. The predicted molar refractivity (Wildman–Crippen MR) is 151 cm³/mol. The molecule has 1 aromatic heterocycles. The number of nitrogens with one attached hydrogen (secondary N) is 2. The van der Waals surface area contributed by atoms with Crippen LogP contribution in [0.3, 0.4) is 0 Å². The second kappa shape index (κ2) is 11.7. The van der Waals surface area contributed by atoms with Crippen molar-refractivity contribution in [1.29, 1.82) is 0 Å². The zero-order valence-corrected chi connectivity index (χ0v) is 22.5. The predicted octanol–water partition coefficient (Wildman–Crippen LogP) is 4.08. The average molecular weight is 544 g/mol. The lowest BCUT2D eigenvalue weighted by atomic mass is 10.1. The number of thioether (sulfide) groups is 1. The molecule has 0 unspecified atom stereocenters. The minimum atomic E-state index is -0.885. The molecule has 0 saturated heterocycles. The lowest BCUT2D eigenvalue weighted by Gasteiger charge is -2.27. The maximum atomic E-state index is 13.5. The summed E-state index contributed by atoms with van der Waals surface area (Å²) in [5.74, 6) is 0.287. The standard InChI is InChI=1S/C29H29N5O4S/c1-3-24(27(36)31-16-19-12-10-18(2)11-13-19)39-29-33-22-9-5-4-8-21(22)26-32-23(28(37)34(26)29)15-25(35)30-17-20-7-6-14-38-20/h4-14,23-24H,3,15-17H2,1-2H3,(H,30,35)(H,31,36)/t23-,24+/m0/s1. The average Bonchev–Trinajstić information content (AvgIpc) is 3.58. The van der Waals surface area contributed by atoms with Gasteiger partial charge in [-0.1, -0.05) is 60.6 Å². The Bertz CT molecular complexity index is 1430. The van der Waals surface area contributed by atoms with Crippen LogP contribution in [0.25, 0.3) is 0 Å². The molecule has 2 aliphatic heterocycles. The molecule has 3 heterocycles. The van der Waals surface area contributed by atoms with Gasteiger partial charge in [0.1, 0.15) is 17.6 Å². The monoisotopic (exact) mass is 543 g/mol. The summed E-state index contributed by atoms with van der Waals surface area (Å²) in [6.07, 6.45) is 1.97. The quantitative estimate of drug-likeness (QED) is 0.422. The number of hydrogen-bond donors (Lipinski definition) is 2. The van der Waals surface area contributed by atoms with Gasteiger partial charge in [0.05, 0.1) is 30.2 Å². The van der Waals surface area contributed by atoms with Gasteiger partial charge in [-0.15, -0.1) is 0 Å². The molecule has 2 aromatic carbocycles. The van der Waals surface area contributed by atoms with E-state index in [0.717, 1.165) is 11.1 Å². The molecule has 9 nitrogen and oxygen atoms in total. The Labute approximate surface area is 230 Å². The third kappa shape index (κ3) is 5.96. The number of fused-ring (bicyclic) bond motifs is 3. The smallest absolute Gasteiger partial charge is 0.259 e. The number of furan rings is 1. The molecule has 10 heteroatoms. The van der Waals surface area contributed by atoms with E-state index in [0.29, 0.717) is 41.0 Å². The van der Waals surface area contributed by atoms with E-state index in [1.807, 2.05) is 62.4 Å². The third-order valence-corrected chi connectivity index (χ3v) is 7.78. The van der Waals surface area contributed by atoms with Crippen LogP contribution in [0, 0.1) is 6.92 Å². The van der Waals surface area contributed by atoms with E-state index >= 15 is 0 Å². The number of rotatable bonds is 9. The highest BCUT2D eigenvalue weighted by atomic mass is 32.2. The number of nitrogens with zero attached hydrogens (tertiary/aromatic N) is 3. The van der Waals surface area contributed by atoms with Crippen LogP contribution in [0.4, 0.5) is 5.69 Å². The van der Waals surface area contributed by atoms with Crippen molar-refractivity contribution in [2.24, 2.45) is 9.98 Å². The van der Waals surface area contributed by atoms with Crippen molar-refractivity contribution in [3.63, 3.8) is 0 Å². The summed E-state index contributed by atoms with van der Waals surface area (Å²) in [5.41, 5.74) is 3.55. The minimum Gasteiger partial charge on any atom is -0.467 e. The Morgan fingerprint density at radius 2 is 1.85 bits per heavy atom. The fourth-order valence-corrected chi connectivity index (χ4v) is 5.36. The van der Waals surface area contributed by atoms with Gasteiger partial charge in [0, 0.05) is 12.1 Å². The number of amidine groups is 2. The molecule has 2 N–H and O–H groups in total. The first kappa shape index (κ1) is 26.4. The van der Waals surface area contributed by atoms with Crippen LogP contribution in [0.2, 0.25) is 0 Å². The molecule has 0 aliphatic carbocycles. The van der Waals surface area contributed by atoms with Crippen LogP contribution in [0.15, 0.2) is 81.3 Å². The maximum absolute atomic E-state index is 13.5. The topological polar surface area (TPSA) is 116 Å². The van der Waals surface area contributed by atoms with Crippen molar-refractivity contribution in [2.45, 2.75) is 51.1 Å². The summed E-state index contributed by atoms with van der Waals surface area (Å²) < 4.78 is 5.25. The van der Waals surface area contributed by atoms with E-state index in [9.17, 15) is 14.4 Å². The van der Waals surface area contributed by atoms with Gasteiger partial charge < -0.3 is 15.1 Å². The highest BCUT2D eigenvalue weighted by molar-refractivity contribution is 8.15. The normalized spacial score (nSPS) is 16.6. The SMILES string of the molecule is CC[C@@H](SC1=Nc2ccccc2C2=N[C@@H](CC(=O)NCc3ccco3)C(=O)N12)C(=O)NCc1ccc(C)cc1. The van der Waals surface area contributed by atoms with Crippen molar-refractivity contribution in [3.05, 3.63) is 89.4 Å². The minimum absolute atomic E-state index is 0.103. The molecular formula is C29H29N5O4S. The van der Waals surface area contributed by atoms with Crippen molar-refractivity contribution in [3.8, 4) is 0 Å². The highest BCUT2D eigenvalue weighted by Crippen LogP contribution is 2.35. The molecule has 39 heavy (non-hydrogen) atoms. The van der Waals surface area contributed by atoms with E-state index in [-0.39, 0.29) is 30.7 Å². The highest BCUT2D eigenvalue weighted by Gasteiger charge is 2.43. The zero-order chi connectivity index (χ0) is 27.4. The molecule has 0 bridgehead atoms. The summed E-state index contributed by atoms with van der Waals surface area (Å²) in [7, 11) is 0. The van der Waals surface area contributed by atoms with Gasteiger partial charge in [-0.05, 0) is 43.2 Å². The molecule has 0 spiro atoms. The van der Waals surface area contributed by atoms with E-state index in [1.165, 1.54) is 22.9 Å². The van der Waals surface area contributed by atoms with Gasteiger partial charge in [0.15, 0.2) is 5.17 Å². The number of carbonyl (C=O) groups is 3.